The quantitative estimate of drug-likeness (QED) is 0.789. The number of nitrogens with one attached hydrogen (secondary N) is 2. The molecular weight excluding hydrogens is 224 g/mol. The van der Waals surface area contributed by atoms with Gasteiger partial charge in [-0.15, -0.1) is 0 Å². The largest absolute Gasteiger partial charge is 0.353 e. The first kappa shape index (κ1) is 13.9. The predicted molar refractivity (Wildman–Crippen MR) is 74.4 cm³/mol. The van der Waals surface area contributed by atoms with Crippen LogP contribution in [0.25, 0.3) is 0 Å². The van der Waals surface area contributed by atoms with Crippen molar-refractivity contribution in [3.63, 3.8) is 0 Å². The van der Waals surface area contributed by atoms with Crippen molar-refractivity contribution in [2.75, 3.05) is 6.54 Å². The van der Waals surface area contributed by atoms with Gasteiger partial charge in [0.25, 0.3) is 0 Å². The normalized spacial score (nSPS) is 32.4. The molecule has 0 bridgehead atoms. The molecule has 3 heteroatoms. The summed E-state index contributed by atoms with van der Waals surface area (Å²) in [5.74, 6) is 1.17. The molecular formula is C15H28N2O. The van der Waals surface area contributed by atoms with Crippen molar-refractivity contribution in [3.8, 4) is 0 Å². The maximum atomic E-state index is 11.9. The van der Waals surface area contributed by atoms with Crippen molar-refractivity contribution >= 4 is 5.91 Å². The van der Waals surface area contributed by atoms with E-state index in [0.717, 1.165) is 18.9 Å². The van der Waals surface area contributed by atoms with Crippen LogP contribution < -0.4 is 10.6 Å². The number of amides is 1. The van der Waals surface area contributed by atoms with Crippen molar-refractivity contribution < 1.29 is 4.79 Å². The summed E-state index contributed by atoms with van der Waals surface area (Å²) in [6.07, 6.45) is 10.5. The number of hydrogen-bond acceptors (Lipinski definition) is 2. The molecule has 2 N–H and O–H groups in total. The van der Waals surface area contributed by atoms with Crippen LogP contribution in [0.1, 0.15) is 64.7 Å². The molecule has 0 aromatic carbocycles. The molecule has 0 spiro atoms. The van der Waals surface area contributed by atoms with E-state index in [1.165, 1.54) is 44.9 Å². The molecule has 3 nitrogen and oxygen atoms in total. The molecule has 104 valence electrons. The van der Waals surface area contributed by atoms with Gasteiger partial charge < -0.3 is 10.6 Å². The van der Waals surface area contributed by atoms with Crippen molar-refractivity contribution in [1.29, 1.82) is 0 Å². The Morgan fingerprint density at radius 1 is 1.22 bits per heavy atom. The third kappa shape index (κ3) is 4.27. The van der Waals surface area contributed by atoms with Crippen LogP contribution in [0.3, 0.4) is 0 Å². The van der Waals surface area contributed by atoms with Crippen LogP contribution in [0.2, 0.25) is 0 Å². The van der Waals surface area contributed by atoms with E-state index in [9.17, 15) is 4.79 Å². The number of carbonyl (C=O) groups excluding carboxylic acids is 1. The zero-order valence-corrected chi connectivity index (χ0v) is 11.7. The van der Waals surface area contributed by atoms with Gasteiger partial charge >= 0.3 is 0 Å². The van der Waals surface area contributed by atoms with Gasteiger partial charge in [0, 0.05) is 18.5 Å². The Bertz CT molecular complexity index is 253. The van der Waals surface area contributed by atoms with Gasteiger partial charge in [0.1, 0.15) is 0 Å². The molecule has 1 heterocycles. The van der Waals surface area contributed by atoms with Gasteiger partial charge in [0.15, 0.2) is 0 Å². The van der Waals surface area contributed by atoms with Crippen molar-refractivity contribution in [3.05, 3.63) is 0 Å². The SMILES string of the molecule is CCC1CCC(NC(=O)CCC2CCCN2)CC1. The molecule has 18 heavy (non-hydrogen) atoms. The highest BCUT2D eigenvalue weighted by Gasteiger charge is 2.22. The summed E-state index contributed by atoms with van der Waals surface area (Å²) in [5.41, 5.74) is 0. The molecule has 2 fully saturated rings. The second-order valence-corrected chi connectivity index (χ2v) is 6.03. The molecule has 1 amide bonds. The summed E-state index contributed by atoms with van der Waals surface area (Å²) in [6.45, 7) is 3.41. The molecule has 1 unspecified atom stereocenters. The zero-order valence-electron chi connectivity index (χ0n) is 11.7. The van der Waals surface area contributed by atoms with Crippen LogP contribution in [0.5, 0.6) is 0 Å². The van der Waals surface area contributed by atoms with Gasteiger partial charge in [0.05, 0.1) is 0 Å². The van der Waals surface area contributed by atoms with E-state index in [4.69, 9.17) is 0 Å². The molecule has 0 aromatic heterocycles. The van der Waals surface area contributed by atoms with Crippen LogP contribution in [0, 0.1) is 5.92 Å². The highest BCUT2D eigenvalue weighted by molar-refractivity contribution is 5.76. The average molecular weight is 252 g/mol. The highest BCUT2D eigenvalue weighted by atomic mass is 16.1. The Morgan fingerprint density at radius 3 is 2.61 bits per heavy atom. The van der Waals surface area contributed by atoms with Gasteiger partial charge in [-0.3, -0.25) is 4.79 Å². The summed E-state index contributed by atoms with van der Waals surface area (Å²) in [5, 5.41) is 6.67. The van der Waals surface area contributed by atoms with Crippen LogP contribution in [-0.2, 0) is 4.79 Å². The first-order chi connectivity index (χ1) is 8.78. The lowest BCUT2D eigenvalue weighted by Crippen LogP contribution is -2.38. The molecule has 1 saturated heterocycles. The van der Waals surface area contributed by atoms with Crippen LogP contribution >= 0.6 is 0 Å². The van der Waals surface area contributed by atoms with Gasteiger partial charge in [-0.05, 0) is 57.4 Å². The summed E-state index contributed by atoms with van der Waals surface area (Å²) in [7, 11) is 0. The fourth-order valence-electron chi connectivity index (χ4n) is 3.32. The average Bonchev–Trinajstić information content (AvgIpc) is 2.90. The summed E-state index contributed by atoms with van der Waals surface area (Å²) in [6, 6.07) is 1.04. The number of hydrogen-bond donors (Lipinski definition) is 2. The van der Waals surface area contributed by atoms with Gasteiger partial charge in [0.2, 0.25) is 5.91 Å². The van der Waals surface area contributed by atoms with Crippen LogP contribution in [0.4, 0.5) is 0 Å². The number of rotatable bonds is 5. The second-order valence-electron chi connectivity index (χ2n) is 6.03. The Labute approximate surface area is 111 Å². The molecule has 2 aliphatic rings. The van der Waals surface area contributed by atoms with Crippen LogP contribution in [0.15, 0.2) is 0 Å². The fraction of sp³-hybridized carbons (Fsp3) is 0.933. The minimum atomic E-state index is 0.267. The van der Waals surface area contributed by atoms with E-state index in [1.807, 2.05) is 0 Å². The van der Waals surface area contributed by atoms with E-state index in [0.29, 0.717) is 18.5 Å². The molecule has 1 aliphatic heterocycles. The van der Waals surface area contributed by atoms with Crippen molar-refractivity contribution in [2.45, 2.75) is 76.8 Å². The Hall–Kier alpha value is -0.570. The third-order valence-electron chi connectivity index (χ3n) is 4.67. The molecule has 1 atom stereocenters. The highest BCUT2D eigenvalue weighted by Crippen LogP contribution is 2.26. The van der Waals surface area contributed by atoms with E-state index >= 15 is 0 Å². The van der Waals surface area contributed by atoms with E-state index < -0.39 is 0 Å². The monoisotopic (exact) mass is 252 g/mol. The predicted octanol–water partition coefficient (Wildman–Crippen LogP) is 2.60. The first-order valence-corrected chi connectivity index (χ1v) is 7.80. The standard InChI is InChI=1S/C15H28N2O/c1-2-12-5-7-14(8-6-12)17-15(18)10-9-13-4-3-11-16-13/h12-14,16H,2-11H2,1H3,(H,17,18). The van der Waals surface area contributed by atoms with E-state index in [1.54, 1.807) is 0 Å². The molecule has 1 aliphatic carbocycles. The Morgan fingerprint density at radius 2 is 2.00 bits per heavy atom. The van der Waals surface area contributed by atoms with Crippen molar-refractivity contribution in [1.82, 2.24) is 10.6 Å². The van der Waals surface area contributed by atoms with E-state index in [2.05, 4.69) is 17.6 Å². The second kappa shape index (κ2) is 7.13. The molecule has 2 rings (SSSR count). The Kier molecular flexibility index (Phi) is 5.48. The zero-order chi connectivity index (χ0) is 12.8. The van der Waals surface area contributed by atoms with Gasteiger partial charge in [-0.2, -0.15) is 0 Å². The molecule has 0 radical (unpaired) electrons. The van der Waals surface area contributed by atoms with Crippen molar-refractivity contribution in [2.24, 2.45) is 5.92 Å². The summed E-state index contributed by atoms with van der Waals surface area (Å²) in [4.78, 5) is 11.9. The smallest absolute Gasteiger partial charge is 0.220 e. The summed E-state index contributed by atoms with van der Waals surface area (Å²) < 4.78 is 0. The third-order valence-corrected chi connectivity index (χ3v) is 4.67. The Balaban J connectivity index is 1.59. The maximum Gasteiger partial charge on any atom is 0.220 e. The van der Waals surface area contributed by atoms with Gasteiger partial charge in [-0.25, -0.2) is 0 Å². The number of carbonyl (C=O) groups is 1. The summed E-state index contributed by atoms with van der Waals surface area (Å²) >= 11 is 0. The van der Waals surface area contributed by atoms with Crippen LogP contribution in [-0.4, -0.2) is 24.5 Å². The first-order valence-electron chi connectivity index (χ1n) is 7.80. The maximum absolute atomic E-state index is 11.9. The lowest BCUT2D eigenvalue weighted by molar-refractivity contribution is -0.122. The minimum Gasteiger partial charge on any atom is -0.353 e. The minimum absolute atomic E-state index is 0.267. The van der Waals surface area contributed by atoms with E-state index in [-0.39, 0.29) is 5.91 Å². The fourth-order valence-corrected chi connectivity index (χ4v) is 3.32. The topological polar surface area (TPSA) is 41.1 Å². The molecule has 1 saturated carbocycles. The lowest BCUT2D eigenvalue weighted by atomic mass is 9.84. The van der Waals surface area contributed by atoms with Gasteiger partial charge in [-0.1, -0.05) is 13.3 Å². The lowest BCUT2D eigenvalue weighted by Gasteiger charge is -2.28. The molecule has 0 aromatic rings.